The fourth-order valence-corrected chi connectivity index (χ4v) is 8.67. The van der Waals surface area contributed by atoms with Gasteiger partial charge >= 0.3 is 0 Å². The van der Waals surface area contributed by atoms with Gasteiger partial charge < -0.3 is 9.97 Å². The molecule has 5 heteroatoms. The molecule has 0 spiro atoms. The molecule has 0 amide bonds. The van der Waals surface area contributed by atoms with Crippen LogP contribution < -0.4 is 5.19 Å². The summed E-state index contributed by atoms with van der Waals surface area (Å²) < 4.78 is 2.72. The van der Waals surface area contributed by atoms with E-state index in [2.05, 4.69) is 85.3 Å². The van der Waals surface area contributed by atoms with Gasteiger partial charge in [-0.2, -0.15) is 11.3 Å². The van der Waals surface area contributed by atoms with Gasteiger partial charge in [-0.1, -0.05) is 79.8 Å². The van der Waals surface area contributed by atoms with Crippen LogP contribution in [0, 0.1) is 19.1 Å². The number of fused-ring (bicyclic) bond motifs is 3. The van der Waals surface area contributed by atoms with E-state index >= 15 is 0 Å². The van der Waals surface area contributed by atoms with Gasteiger partial charge in [-0.25, -0.2) is 0 Å². The van der Waals surface area contributed by atoms with Crippen molar-refractivity contribution >= 4 is 44.8 Å². The second-order valence-electron chi connectivity index (χ2n) is 12.1. The molecule has 1 fully saturated rings. The summed E-state index contributed by atoms with van der Waals surface area (Å²) in [5.74, 6) is 0.709. The third-order valence-electron chi connectivity index (χ3n) is 8.02. The van der Waals surface area contributed by atoms with Crippen LogP contribution in [0.5, 0.6) is 0 Å². The quantitative estimate of drug-likeness (QED) is 0.132. The Morgan fingerprint density at radius 2 is 1.64 bits per heavy atom. The molecular weight excluding hydrogens is 725 g/mol. The van der Waals surface area contributed by atoms with Gasteiger partial charge in [0, 0.05) is 45.3 Å². The fourth-order valence-electron chi connectivity index (χ4n) is 5.83. The Hall–Kier alpha value is -2.95. The van der Waals surface area contributed by atoms with E-state index in [1.165, 1.54) is 67.7 Å². The van der Waals surface area contributed by atoms with Crippen LogP contribution in [0.3, 0.4) is 0 Å². The first kappa shape index (κ1) is 30.5. The van der Waals surface area contributed by atoms with Crippen molar-refractivity contribution in [1.29, 1.82) is 0 Å². The van der Waals surface area contributed by atoms with Crippen LogP contribution >= 0.6 is 11.3 Å². The van der Waals surface area contributed by atoms with Crippen molar-refractivity contribution in [2.24, 2.45) is 0 Å². The van der Waals surface area contributed by atoms with Crippen LogP contribution in [-0.2, 0) is 20.1 Å². The van der Waals surface area contributed by atoms with Gasteiger partial charge in [0.15, 0.2) is 0 Å². The van der Waals surface area contributed by atoms with E-state index in [4.69, 9.17) is 4.98 Å². The number of hydrogen-bond donors (Lipinski definition) is 0. The van der Waals surface area contributed by atoms with Gasteiger partial charge in [0.1, 0.15) is 0 Å². The average Bonchev–Trinajstić information content (AvgIpc) is 3.67. The minimum atomic E-state index is -1.48. The molecule has 215 valence electrons. The molecule has 3 aromatic heterocycles. The minimum Gasteiger partial charge on any atom is -0.305 e. The van der Waals surface area contributed by atoms with E-state index in [-0.39, 0.29) is 20.1 Å². The smallest absolute Gasteiger partial charge is 0.0300 e. The number of hydrogen-bond acceptors (Lipinski definition) is 3. The molecule has 1 aliphatic carbocycles. The molecule has 0 N–H and O–H groups in total. The zero-order chi connectivity index (χ0) is 28.4. The van der Waals surface area contributed by atoms with Gasteiger partial charge in [0.2, 0.25) is 0 Å². The monoisotopic (exact) mass is 761 g/mol. The van der Waals surface area contributed by atoms with Crippen molar-refractivity contribution in [3.8, 4) is 22.5 Å². The summed E-state index contributed by atoms with van der Waals surface area (Å²) in [6, 6.07) is 34.4. The summed E-state index contributed by atoms with van der Waals surface area (Å²) >= 11 is 1.90. The molecule has 0 bridgehead atoms. The number of aromatic nitrogens is 2. The number of benzene rings is 3. The van der Waals surface area contributed by atoms with Gasteiger partial charge in [0.05, 0.1) is 0 Å². The standard InChI is InChI=1S/C25H26NSSi.C12H10N.Ir/c1-28(2,3)23-13-12-19(25-24(23)20-10-6-7-11-22(20)27-25)21-16-18(14-15-26-21)17-8-4-5-9-17;1-10-7-8-12(13-9-10)11-5-3-2-4-6-11;/h6-7,10-11,13-17H,4-5,8-9H2,1-3H3;2-5,7-9H,1H3;/q2*-1;. The molecule has 3 aromatic carbocycles. The number of aryl methyl sites for hydroxylation is 1. The molecule has 0 unspecified atom stereocenters. The Bertz CT molecular complexity index is 1780. The zero-order valence-electron chi connectivity index (χ0n) is 24.7. The van der Waals surface area contributed by atoms with Crippen molar-refractivity contribution in [2.75, 3.05) is 0 Å². The van der Waals surface area contributed by atoms with E-state index < -0.39 is 8.07 Å². The van der Waals surface area contributed by atoms with E-state index in [1.807, 2.05) is 61.0 Å². The first-order chi connectivity index (χ1) is 19.9. The first-order valence-electron chi connectivity index (χ1n) is 14.6. The topological polar surface area (TPSA) is 25.8 Å². The number of pyridine rings is 2. The molecule has 42 heavy (non-hydrogen) atoms. The van der Waals surface area contributed by atoms with Crippen molar-refractivity contribution in [3.05, 3.63) is 115 Å². The Morgan fingerprint density at radius 1 is 0.857 bits per heavy atom. The Kier molecular flexibility index (Phi) is 9.54. The summed E-state index contributed by atoms with van der Waals surface area (Å²) in [4.78, 5) is 9.10. The summed E-state index contributed by atoms with van der Waals surface area (Å²) in [6.07, 6.45) is 9.23. The predicted octanol–water partition coefficient (Wildman–Crippen LogP) is 9.97. The Balaban J connectivity index is 0.000000212. The third kappa shape index (κ3) is 6.50. The van der Waals surface area contributed by atoms with Crippen LogP contribution in [0.4, 0.5) is 0 Å². The molecule has 1 aliphatic rings. The maximum Gasteiger partial charge on any atom is 0.0300 e. The molecule has 1 radical (unpaired) electrons. The normalized spacial score (nSPS) is 13.5. The fraction of sp³-hybridized carbons (Fsp3) is 0.243. The Morgan fingerprint density at radius 3 is 2.36 bits per heavy atom. The zero-order valence-corrected chi connectivity index (χ0v) is 28.9. The van der Waals surface area contributed by atoms with Gasteiger partial charge in [-0.05, 0) is 64.9 Å². The van der Waals surface area contributed by atoms with Gasteiger partial charge in [-0.3, -0.25) is 0 Å². The molecule has 0 atom stereocenters. The molecule has 1 saturated carbocycles. The van der Waals surface area contributed by atoms with Crippen LogP contribution in [0.25, 0.3) is 42.7 Å². The van der Waals surface area contributed by atoms with E-state index in [0.29, 0.717) is 5.92 Å². The van der Waals surface area contributed by atoms with Crippen molar-refractivity contribution in [3.63, 3.8) is 0 Å². The molecule has 3 heterocycles. The SMILES string of the molecule is C[Si](C)(C)c1c[c-]c(-c2cc(C3CCCC3)ccn2)c2sc3ccccc3c12.Cc1ccc(-c2[c-]cccc2)nc1.[Ir]. The van der Waals surface area contributed by atoms with Crippen LogP contribution in [0.1, 0.15) is 42.7 Å². The van der Waals surface area contributed by atoms with Crippen molar-refractivity contribution in [2.45, 2.75) is 58.2 Å². The largest absolute Gasteiger partial charge is 0.305 e. The molecule has 6 aromatic rings. The molecule has 7 rings (SSSR count). The summed E-state index contributed by atoms with van der Waals surface area (Å²) in [6.45, 7) is 9.33. The molecule has 0 aliphatic heterocycles. The van der Waals surface area contributed by atoms with E-state index in [0.717, 1.165) is 17.0 Å². The molecule has 0 saturated heterocycles. The second kappa shape index (κ2) is 13.1. The van der Waals surface area contributed by atoms with E-state index in [9.17, 15) is 0 Å². The first-order valence-corrected chi connectivity index (χ1v) is 18.9. The van der Waals surface area contributed by atoms with Crippen molar-refractivity contribution in [1.82, 2.24) is 9.97 Å². The van der Waals surface area contributed by atoms with Crippen LogP contribution in [-0.4, -0.2) is 18.0 Å². The van der Waals surface area contributed by atoms with Crippen LogP contribution in [0.15, 0.2) is 91.3 Å². The molecular formula is C37H36IrN2SSi-2. The number of rotatable bonds is 4. The van der Waals surface area contributed by atoms with Crippen molar-refractivity contribution < 1.29 is 20.1 Å². The third-order valence-corrected chi connectivity index (χ3v) is 11.2. The van der Waals surface area contributed by atoms with E-state index in [1.54, 1.807) is 0 Å². The maximum absolute atomic E-state index is 4.78. The second-order valence-corrected chi connectivity index (χ2v) is 18.2. The van der Waals surface area contributed by atoms with Crippen LogP contribution in [0.2, 0.25) is 19.6 Å². The number of nitrogens with zero attached hydrogens (tertiary/aromatic N) is 2. The summed E-state index contributed by atoms with van der Waals surface area (Å²) in [5, 5.41) is 4.35. The Labute approximate surface area is 268 Å². The summed E-state index contributed by atoms with van der Waals surface area (Å²) in [5.41, 5.74) is 6.92. The van der Waals surface area contributed by atoms with Gasteiger partial charge in [0.25, 0.3) is 0 Å². The average molecular weight is 761 g/mol. The van der Waals surface area contributed by atoms with Gasteiger partial charge in [-0.15, -0.1) is 58.8 Å². The molecule has 2 nitrogen and oxygen atoms in total. The maximum atomic E-state index is 4.78. The summed E-state index contributed by atoms with van der Waals surface area (Å²) in [7, 11) is -1.48. The minimum absolute atomic E-state index is 0. The predicted molar refractivity (Wildman–Crippen MR) is 179 cm³/mol. The number of thiophene rings is 1.